The highest BCUT2D eigenvalue weighted by Crippen LogP contribution is 2.46. The van der Waals surface area contributed by atoms with Crippen molar-refractivity contribution < 1.29 is 23.0 Å². The van der Waals surface area contributed by atoms with Crippen LogP contribution in [0, 0.1) is 17.7 Å². The zero-order valence-corrected chi connectivity index (χ0v) is 16.3. The number of alkyl halides is 2. The number of hydrogen-bond donors (Lipinski definition) is 1. The van der Waals surface area contributed by atoms with Crippen molar-refractivity contribution >= 4 is 11.6 Å². The van der Waals surface area contributed by atoms with Crippen LogP contribution in [-0.2, 0) is 18.1 Å². The van der Waals surface area contributed by atoms with Crippen molar-refractivity contribution in [2.24, 2.45) is 0 Å². The molecular weight excluding hydrogens is 423 g/mol. The van der Waals surface area contributed by atoms with Crippen LogP contribution in [0.3, 0.4) is 0 Å². The fraction of sp³-hybridized carbons (Fsp3) is 0.263. The molecule has 0 saturated heterocycles. The third kappa shape index (κ3) is 4.22. The molecule has 1 unspecified atom stereocenters. The van der Waals surface area contributed by atoms with Gasteiger partial charge in [-0.2, -0.15) is 13.6 Å². The molecule has 2 heterocycles. The molecule has 1 N–H and O–H groups in total. The Hall–Kier alpha value is -3.16. The van der Waals surface area contributed by atoms with Crippen LogP contribution in [0.15, 0.2) is 42.9 Å². The van der Waals surface area contributed by atoms with E-state index >= 15 is 8.78 Å². The number of nitrogens with zero attached hydrogens (tertiary/aromatic N) is 5. The van der Waals surface area contributed by atoms with Crippen molar-refractivity contribution in [3.8, 4) is 17.6 Å². The standard InChI is InChI=1S/C19H15ClF3N5O2/c1-2-3-8-30-14-5-7-17(24-10-14)19(22,23)18(29,11-28-26-12-25-27-28)15-6-4-13(20)9-16(15)21/h4-7,9-10,12,29H,8,11H2,1H3. The molecule has 0 radical (unpaired) electrons. The summed E-state index contributed by atoms with van der Waals surface area (Å²) < 4.78 is 50.9. The van der Waals surface area contributed by atoms with Crippen LogP contribution in [0.4, 0.5) is 13.2 Å². The molecular formula is C19H15ClF3N5O2. The number of aromatic nitrogens is 5. The van der Waals surface area contributed by atoms with Gasteiger partial charge in [0.05, 0.1) is 6.20 Å². The van der Waals surface area contributed by atoms with Crippen LogP contribution in [0.2, 0.25) is 5.02 Å². The molecule has 0 aliphatic carbocycles. The summed E-state index contributed by atoms with van der Waals surface area (Å²) in [6.45, 7) is 0.794. The SMILES string of the molecule is CC#CCOc1ccc(C(F)(F)C(O)(Cn2ncnn2)c2ccc(Cl)cc2F)nc1. The molecule has 0 bridgehead atoms. The highest BCUT2D eigenvalue weighted by molar-refractivity contribution is 6.30. The summed E-state index contributed by atoms with van der Waals surface area (Å²) in [4.78, 5) is 4.42. The summed E-state index contributed by atoms with van der Waals surface area (Å²) in [6.07, 6.45) is 2.06. The Balaban J connectivity index is 2.03. The first kappa shape index (κ1) is 21.5. The molecule has 1 aromatic carbocycles. The monoisotopic (exact) mass is 437 g/mol. The highest BCUT2D eigenvalue weighted by atomic mass is 35.5. The Bertz CT molecular complexity index is 1070. The van der Waals surface area contributed by atoms with Gasteiger partial charge in [-0.3, -0.25) is 4.98 Å². The summed E-state index contributed by atoms with van der Waals surface area (Å²) in [7, 11) is 0. The number of pyridine rings is 1. The van der Waals surface area contributed by atoms with Gasteiger partial charge in [0.25, 0.3) is 0 Å². The molecule has 7 nitrogen and oxygen atoms in total. The van der Waals surface area contributed by atoms with Crippen LogP contribution >= 0.6 is 11.6 Å². The number of hydrogen-bond acceptors (Lipinski definition) is 6. The van der Waals surface area contributed by atoms with Gasteiger partial charge in [0, 0.05) is 10.6 Å². The Labute approximate surface area is 174 Å². The Morgan fingerprint density at radius 2 is 2.07 bits per heavy atom. The highest BCUT2D eigenvalue weighted by Gasteiger charge is 2.58. The number of benzene rings is 1. The van der Waals surface area contributed by atoms with Crippen LogP contribution in [-0.4, -0.2) is 36.9 Å². The molecule has 2 aromatic heterocycles. The third-order valence-corrected chi connectivity index (χ3v) is 4.44. The number of aliphatic hydroxyl groups is 1. The van der Waals surface area contributed by atoms with E-state index in [2.05, 4.69) is 32.2 Å². The predicted molar refractivity (Wildman–Crippen MR) is 100 cm³/mol. The minimum atomic E-state index is -4.06. The lowest BCUT2D eigenvalue weighted by atomic mass is 9.84. The molecule has 1 atom stereocenters. The van der Waals surface area contributed by atoms with Gasteiger partial charge in [-0.1, -0.05) is 23.6 Å². The van der Waals surface area contributed by atoms with Gasteiger partial charge in [0.15, 0.2) is 11.9 Å². The molecule has 3 aromatic rings. The predicted octanol–water partition coefficient (Wildman–Crippen LogP) is 2.94. The van der Waals surface area contributed by atoms with E-state index in [-0.39, 0.29) is 17.4 Å². The fourth-order valence-corrected chi connectivity index (χ4v) is 2.86. The van der Waals surface area contributed by atoms with Crippen molar-refractivity contribution in [3.63, 3.8) is 0 Å². The molecule has 0 amide bonds. The first-order valence-electron chi connectivity index (χ1n) is 8.53. The zero-order valence-electron chi connectivity index (χ0n) is 15.6. The average molecular weight is 438 g/mol. The normalized spacial score (nSPS) is 13.3. The first-order chi connectivity index (χ1) is 14.3. The van der Waals surface area contributed by atoms with E-state index in [1.807, 2.05) is 0 Å². The molecule has 0 aliphatic rings. The molecule has 11 heteroatoms. The first-order valence-corrected chi connectivity index (χ1v) is 8.91. The summed E-state index contributed by atoms with van der Waals surface area (Å²) in [5.74, 6) is 0.313. The van der Waals surface area contributed by atoms with E-state index in [1.54, 1.807) is 6.92 Å². The molecule has 0 fully saturated rings. The van der Waals surface area contributed by atoms with Gasteiger partial charge in [-0.25, -0.2) is 4.39 Å². The smallest absolute Gasteiger partial charge is 0.323 e. The van der Waals surface area contributed by atoms with E-state index < -0.39 is 35.1 Å². The molecule has 156 valence electrons. The van der Waals surface area contributed by atoms with Crippen LogP contribution in [0.25, 0.3) is 0 Å². The number of rotatable bonds is 7. The van der Waals surface area contributed by atoms with Crippen LogP contribution in [0.1, 0.15) is 18.2 Å². The lowest BCUT2D eigenvalue weighted by molar-refractivity contribution is -0.209. The maximum absolute atomic E-state index is 15.5. The van der Waals surface area contributed by atoms with E-state index in [0.717, 1.165) is 35.5 Å². The quantitative estimate of drug-likeness (QED) is 0.572. The van der Waals surface area contributed by atoms with Gasteiger partial charge >= 0.3 is 5.92 Å². The average Bonchev–Trinajstić information content (AvgIpc) is 3.21. The minimum absolute atomic E-state index is 0.0180. The van der Waals surface area contributed by atoms with Gasteiger partial charge in [-0.15, -0.1) is 16.1 Å². The Morgan fingerprint density at radius 3 is 2.67 bits per heavy atom. The van der Waals surface area contributed by atoms with E-state index in [4.69, 9.17) is 16.3 Å². The van der Waals surface area contributed by atoms with Crippen molar-refractivity contribution in [3.05, 3.63) is 65.0 Å². The molecule has 30 heavy (non-hydrogen) atoms. The number of tetrazole rings is 1. The molecule has 0 aliphatic heterocycles. The van der Waals surface area contributed by atoms with Gasteiger partial charge in [-0.05, 0) is 36.4 Å². The molecule has 3 rings (SSSR count). The second-order valence-electron chi connectivity index (χ2n) is 6.12. The maximum Gasteiger partial charge on any atom is 0.323 e. The van der Waals surface area contributed by atoms with Gasteiger partial charge < -0.3 is 9.84 Å². The Kier molecular flexibility index (Phi) is 6.24. The second-order valence-corrected chi connectivity index (χ2v) is 6.56. The van der Waals surface area contributed by atoms with Crippen molar-refractivity contribution in [1.82, 2.24) is 25.2 Å². The summed E-state index contributed by atoms with van der Waals surface area (Å²) >= 11 is 5.73. The Morgan fingerprint density at radius 1 is 1.27 bits per heavy atom. The number of ether oxygens (including phenoxy) is 1. The third-order valence-electron chi connectivity index (χ3n) is 4.20. The molecule has 0 saturated carbocycles. The number of halogens is 4. The lowest BCUT2D eigenvalue weighted by Gasteiger charge is -2.35. The van der Waals surface area contributed by atoms with E-state index in [0.29, 0.717) is 0 Å². The fourth-order valence-electron chi connectivity index (χ4n) is 2.70. The van der Waals surface area contributed by atoms with Crippen molar-refractivity contribution in [2.75, 3.05) is 6.61 Å². The molecule has 0 spiro atoms. The van der Waals surface area contributed by atoms with Crippen LogP contribution < -0.4 is 4.74 Å². The summed E-state index contributed by atoms with van der Waals surface area (Å²) in [5, 5.41) is 21.6. The van der Waals surface area contributed by atoms with Crippen molar-refractivity contribution in [1.29, 1.82) is 0 Å². The zero-order chi connectivity index (χ0) is 21.8. The van der Waals surface area contributed by atoms with Gasteiger partial charge in [0.1, 0.15) is 30.4 Å². The van der Waals surface area contributed by atoms with Crippen molar-refractivity contribution in [2.45, 2.75) is 25.0 Å². The summed E-state index contributed by atoms with van der Waals surface area (Å²) in [6, 6.07) is 5.21. The van der Waals surface area contributed by atoms with E-state index in [9.17, 15) is 9.50 Å². The second kappa shape index (κ2) is 8.69. The topological polar surface area (TPSA) is 86.0 Å². The van der Waals surface area contributed by atoms with Gasteiger partial charge in [0.2, 0.25) is 0 Å². The maximum atomic E-state index is 15.5. The largest absolute Gasteiger partial charge is 0.479 e. The minimum Gasteiger partial charge on any atom is -0.479 e. The lowest BCUT2D eigenvalue weighted by Crippen LogP contribution is -2.48. The summed E-state index contributed by atoms with van der Waals surface area (Å²) in [5.41, 5.74) is -4.62. The van der Waals surface area contributed by atoms with Crippen LogP contribution in [0.5, 0.6) is 5.75 Å². The van der Waals surface area contributed by atoms with E-state index in [1.165, 1.54) is 12.1 Å².